The van der Waals surface area contributed by atoms with Crippen molar-refractivity contribution in [2.75, 3.05) is 14.1 Å². The van der Waals surface area contributed by atoms with E-state index in [1.807, 2.05) is 0 Å². The first-order valence-electron chi connectivity index (χ1n) is 5.07. The van der Waals surface area contributed by atoms with Crippen molar-refractivity contribution in [1.82, 2.24) is 10.4 Å². The standard InChI is InChI=1S/C11H15F2N3O/c1-16(2)15-11(17)6-10(14)8-4-3-7(12)5-9(8)13/h3-5,10H,6,14H2,1-2H3,(H,15,17). The van der Waals surface area contributed by atoms with Gasteiger partial charge in [0.15, 0.2) is 0 Å². The summed E-state index contributed by atoms with van der Waals surface area (Å²) in [6, 6.07) is 2.31. The molecular formula is C11H15F2N3O. The minimum Gasteiger partial charge on any atom is -0.323 e. The van der Waals surface area contributed by atoms with E-state index < -0.39 is 17.7 Å². The molecule has 1 aromatic carbocycles. The van der Waals surface area contributed by atoms with Crippen LogP contribution in [0.15, 0.2) is 18.2 Å². The van der Waals surface area contributed by atoms with Crippen molar-refractivity contribution in [3.63, 3.8) is 0 Å². The minimum atomic E-state index is -0.796. The number of nitrogens with two attached hydrogens (primary N) is 1. The number of halogens is 2. The van der Waals surface area contributed by atoms with Crippen LogP contribution >= 0.6 is 0 Å². The highest BCUT2D eigenvalue weighted by atomic mass is 19.1. The highest BCUT2D eigenvalue weighted by molar-refractivity contribution is 5.76. The molecule has 0 aliphatic carbocycles. The fourth-order valence-electron chi connectivity index (χ4n) is 1.41. The predicted molar refractivity (Wildman–Crippen MR) is 59.7 cm³/mol. The van der Waals surface area contributed by atoms with Gasteiger partial charge in [-0.3, -0.25) is 10.2 Å². The molecule has 0 saturated heterocycles. The van der Waals surface area contributed by atoms with Crippen molar-refractivity contribution >= 4 is 5.91 Å². The van der Waals surface area contributed by atoms with E-state index in [-0.39, 0.29) is 17.9 Å². The van der Waals surface area contributed by atoms with Crippen molar-refractivity contribution in [3.8, 4) is 0 Å². The van der Waals surface area contributed by atoms with Gasteiger partial charge in [0.2, 0.25) is 5.91 Å². The maximum Gasteiger partial charge on any atom is 0.236 e. The molecule has 0 aliphatic heterocycles. The lowest BCUT2D eigenvalue weighted by molar-refractivity contribution is -0.125. The number of nitrogens with one attached hydrogen (secondary N) is 1. The Kier molecular flexibility index (Phi) is 4.53. The largest absolute Gasteiger partial charge is 0.323 e. The van der Waals surface area contributed by atoms with E-state index in [2.05, 4.69) is 5.43 Å². The topological polar surface area (TPSA) is 58.4 Å². The van der Waals surface area contributed by atoms with Crippen LogP contribution in [-0.4, -0.2) is 25.0 Å². The third-order valence-electron chi connectivity index (χ3n) is 2.12. The molecule has 1 aromatic rings. The fraction of sp³-hybridized carbons (Fsp3) is 0.364. The van der Waals surface area contributed by atoms with E-state index in [1.165, 1.54) is 11.1 Å². The summed E-state index contributed by atoms with van der Waals surface area (Å²) in [6.07, 6.45) is -0.0687. The van der Waals surface area contributed by atoms with Gasteiger partial charge in [-0.1, -0.05) is 6.07 Å². The summed E-state index contributed by atoms with van der Waals surface area (Å²) >= 11 is 0. The third-order valence-corrected chi connectivity index (χ3v) is 2.12. The summed E-state index contributed by atoms with van der Waals surface area (Å²) in [7, 11) is 3.31. The fourth-order valence-corrected chi connectivity index (χ4v) is 1.41. The van der Waals surface area contributed by atoms with Gasteiger partial charge >= 0.3 is 0 Å². The summed E-state index contributed by atoms with van der Waals surface area (Å²) in [5.74, 6) is -1.74. The lowest BCUT2D eigenvalue weighted by atomic mass is 10.0. The van der Waals surface area contributed by atoms with Crippen molar-refractivity contribution in [1.29, 1.82) is 0 Å². The van der Waals surface area contributed by atoms with Gasteiger partial charge in [0, 0.05) is 38.2 Å². The van der Waals surface area contributed by atoms with Crippen molar-refractivity contribution in [3.05, 3.63) is 35.4 Å². The average molecular weight is 243 g/mol. The van der Waals surface area contributed by atoms with Crippen LogP contribution in [0.25, 0.3) is 0 Å². The smallest absolute Gasteiger partial charge is 0.236 e. The number of hydrogen-bond acceptors (Lipinski definition) is 3. The van der Waals surface area contributed by atoms with E-state index in [0.717, 1.165) is 12.1 Å². The van der Waals surface area contributed by atoms with Crippen LogP contribution in [0.2, 0.25) is 0 Å². The highest BCUT2D eigenvalue weighted by Gasteiger charge is 2.16. The Bertz CT molecular complexity index is 410. The molecule has 0 spiro atoms. The number of nitrogens with zero attached hydrogens (tertiary/aromatic N) is 1. The van der Waals surface area contributed by atoms with Crippen LogP contribution in [-0.2, 0) is 4.79 Å². The van der Waals surface area contributed by atoms with Gasteiger partial charge in [0.05, 0.1) is 0 Å². The van der Waals surface area contributed by atoms with Gasteiger partial charge in [0.1, 0.15) is 11.6 Å². The minimum absolute atomic E-state index is 0.0687. The zero-order valence-electron chi connectivity index (χ0n) is 9.71. The van der Waals surface area contributed by atoms with Gasteiger partial charge in [-0.15, -0.1) is 0 Å². The molecule has 4 nitrogen and oxygen atoms in total. The molecule has 0 radical (unpaired) electrons. The van der Waals surface area contributed by atoms with Crippen LogP contribution in [0, 0.1) is 11.6 Å². The SMILES string of the molecule is CN(C)NC(=O)CC(N)c1ccc(F)cc1F. The van der Waals surface area contributed by atoms with E-state index in [9.17, 15) is 13.6 Å². The van der Waals surface area contributed by atoms with E-state index >= 15 is 0 Å². The number of hydrazine groups is 1. The maximum absolute atomic E-state index is 13.4. The first-order chi connectivity index (χ1) is 7.90. The number of carbonyl (C=O) groups is 1. The van der Waals surface area contributed by atoms with Crippen LogP contribution in [0.3, 0.4) is 0 Å². The number of benzene rings is 1. The molecule has 0 bridgehead atoms. The van der Waals surface area contributed by atoms with Crippen LogP contribution in [0.1, 0.15) is 18.0 Å². The van der Waals surface area contributed by atoms with Crippen molar-refractivity contribution in [2.24, 2.45) is 5.73 Å². The summed E-state index contributed by atoms with van der Waals surface area (Å²) in [6.45, 7) is 0. The molecule has 0 fully saturated rings. The Labute approximate surface area is 98.4 Å². The lowest BCUT2D eigenvalue weighted by Crippen LogP contribution is -2.37. The zero-order chi connectivity index (χ0) is 13.0. The van der Waals surface area contributed by atoms with E-state index in [4.69, 9.17) is 5.73 Å². The predicted octanol–water partition coefficient (Wildman–Crippen LogP) is 0.948. The Morgan fingerprint density at radius 3 is 2.65 bits per heavy atom. The Morgan fingerprint density at radius 1 is 1.47 bits per heavy atom. The molecule has 3 N–H and O–H groups in total. The van der Waals surface area contributed by atoms with Crippen molar-refractivity contribution in [2.45, 2.75) is 12.5 Å². The zero-order valence-corrected chi connectivity index (χ0v) is 9.71. The van der Waals surface area contributed by atoms with Crippen LogP contribution < -0.4 is 11.2 Å². The Balaban J connectivity index is 2.69. The summed E-state index contributed by atoms with van der Waals surface area (Å²) < 4.78 is 26.0. The first-order valence-corrected chi connectivity index (χ1v) is 5.07. The maximum atomic E-state index is 13.4. The summed E-state index contributed by atoms with van der Waals surface area (Å²) in [4.78, 5) is 11.4. The number of rotatable bonds is 4. The Hall–Kier alpha value is -1.53. The normalized spacial score (nSPS) is 12.6. The second-order valence-corrected chi connectivity index (χ2v) is 3.91. The average Bonchev–Trinajstić information content (AvgIpc) is 2.15. The first kappa shape index (κ1) is 13.5. The number of amides is 1. The summed E-state index contributed by atoms with van der Waals surface area (Å²) in [5, 5.41) is 1.47. The monoisotopic (exact) mass is 243 g/mol. The molecule has 0 aromatic heterocycles. The molecular weight excluding hydrogens is 228 g/mol. The number of carbonyl (C=O) groups excluding carboxylic acids is 1. The Morgan fingerprint density at radius 2 is 2.12 bits per heavy atom. The lowest BCUT2D eigenvalue weighted by Gasteiger charge is -2.16. The molecule has 1 amide bonds. The summed E-state index contributed by atoms with van der Waals surface area (Å²) in [5.41, 5.74) is 8.30. The quantitative estimate of drug-likeness (QED) is 0.774. The molecule has 1 unspecified atom stereocenters. The van der Waals surface area contributed by atoms with Crippen molar-refractivity contribution < 1.29 is 13.6 Å². The molecule has 94 valence electrons. The third kappa shape index (κ3) is 4.08. The molecule has 0 aliphatic rings. The molecule has 1 rings (SSSR count). The van der Waals surface area contributed by atoms with E-state index in [1.54, 1.807) is 14.1 Å². The van der Waals surface area contributed by atoms with Gasteiger partial charge in [-0.25, -0.2) is 13.8 Å². The van der Waals surface area contributed by atoms with Gasteiger partial charge < -0.3 is 5.73 Å². The van der Waals surface area contributed by atoms with Gasteiger partial charge in [-0.05, 0) is 6.07 Å². The second kappa shape index (κ2) is 5.70. The molecule has 1 atom stereocenters. The second-order valence-electron chi connectivity index (χ2n) is 3.91. The van der Waals surface area contributed by atoms with Gasteiger partial charge in [-0.2, -0.15) is 0 Å². The van der Waals surface area contributed by atoms with Gasteiger partial charge in [0.25, 0.3) is 0 Å². The van der Waals surface area contributed by atoms with Crippen LogP contribution in [0.4, 0.5) is 8.78 Å². The molecule has 0 saturated carbocycles. The molecule has 17 heavy (non-hydrogen) atoms. The number of hydrogen-bond donors (Lipinski definition) is 2. The molecule has 0 heterocycles. The highest BCUT2D eigenvalue weighted by Crippen LogP contribution is 2.18. The van der Waals surface area contributed by atoms with Crippen LogP contribution in [0.5, 0.6) is 0 Å². The molecule has 6 heteroatoms. The van der Waals surface area contributed by atoms with E-state index in [0.29, 0.717) is 0 Å².